The molecule has 8 atom stereocenters. The summed E-state index contributed by atoms with van der Waals surface area (Å²) in [6, 6.07) is 19.5. The number of hydrogen-bond acceptors (Lipinski definition) is 9. The van der Waals surface area contributed by atoms with E-state index in [-0.39, 0.29) is 35.8 Å². The lowest BCUT2D eigenvalue weighted by atomic mass is 9.75. The number of likely N-dealkylation sites (tertiary alicyclic amines) is 1. The molecule has 0 radical (unpaired) electrons. The van der Waals surface area contributed by atoms with Gasteiger partial charge in [-0.3, -0.25) is 19.6 Å². The van der Waals surface area contributed by atoms with Gasteiger partial charge in [-0.2, -0.15) is 0 Å². The summed E-state index contributed by atoms with van der Waals surface area (Å²) in [5, 5.41) is 5.83. The van der Waals surface area contributed by atoms with Crippen molar-refractivity contribution < 1.29 is 28.6 Å². The second kappa shape index (κ2) is 17.1. The first kappa shape index (κ1) is 39.2. The summed E-state index contributed by atoms with van der Waals surface area (Å²) in [5.41, 5.74) is 8.46. The third-order valence-electron chi connectivity index (χ3n) is 12.7. The molecule has 13 heteroatoms. The maximum absolute atomic E-state index is 13.8. The molecule has 3 unspecified atom stereocenters. The number of aromatic amines is 1. The van der Waals surface area contributed by atoms with E-state index in [2.05, 4.69) is 69.1 Å². The Labute approximate surface area is 338 Å². The number of pyridine rings is 1. The highest BCUT2D eigenvalue weighted by molar-refractivity contribution is 6.02. The summed E-state index contributed by atoms with van der Waals surface area (Å²) in [5.74, 6) is 1.60. The number of benzene rings is 2. The number of methoxy groups -OCH3 is 3. The van der Waals surface area contributed by atoms with Crippen molar-refractivity contribution in [3.63, 3.8) is 0 Å². The zero-order valence-electron chi connectivity index (χ0n) is 33.4. The van der Waals surface area contributed by atoms with Crippen molar-refractivity contribution >= 4 is 29.2 Å². The van der Waals surface area contributed by atoms with Gasteiger partial charge in [-0.1, -0.05) is 54.6 Å². The fourth-order valence-electron chi connectivity index (χ4n) is 9.51. The number of rotatable bonds is 13. The monoisotopic (exact) mass is 785 g/mol. The predicted molar refractivity (Wildman–Crippen MR) is 219 cm³/mol. The number of nitrogens with one attached hydrogen (secondary N) is 3. The van der Waals surface area contributed by atoms with Crippen LogP contribution in [0.2, 0.25) is 0 Å². The molecule has 4 aliphatic rings. The van der Waals surface area contributed by atoms with Gasteiger partial charge < -0.3 is 34.7 Å². The van der Waals surface area contributed by atoms with Crippen molar-refractivity contribution in [3.8, 4) is 22.4 Å². The number of hydrogen-bond donors (Lipinski definition) is 3. The average Bonchev–Trinajstić information content (AvgIpc) is 4.13. The second-order valence-electron chi connectivity index (χ2n) is 15.9. The molecule has 2 bridgehead atoms. The molecule has 2 aromatic carbocycles. The number of allylic oxidation sites excluding steroid dienone is 1. The van der Waals surface area contributed by atoms with Gasteiger partial charge in [0.25, 0.3) is 0 Å². The molecule has 8 rings (SSSR count). The van der Waals surface area contributed by atoms with Crippen LogP contribution in [0.25, 0.3) is 28.0 Å². The zero-order chi connectivity index (χ0) is 40.3. The molecule has 58 heavy (non-hydrogen) atoms. The fourth-order valence-corrected chi connectivity index (χ4v) is 9.51. The van der Waals surface area contributed by atoms with Crippen LogP contribution in [0, 0.1) is 23.7 Å². The Morgan fingerprint density at radius 1 is 0.914 bits per heavy atom. The van der Waals surface area contributed by atoms with Crippen molar-refractivity contribution in [1.29, 1.82) is 0 Å². The second-order valence-corrected chi connectivity index (χ2v) is 15.9. The summed E-state index contributed by atoms with van der Waals surface area (Å²) in [4.78, 5) is 58.4. The number of carbonyl (C=O) groups excluding carboxylic acids is 3. The fraction of sp³-hybridized carbons (Fsp3) is 0.422. The third kappa shape index (κ3) is 7.93. The minimum Gasteiger partial charge on any atom is -0.453 e. The Hall–Kier alpha value is -5.66. The largest absolute Gasteiger partial charge is 0.453 e. The maximum atomic E-state index is 13.8. The van der Waals surface area contributed by atoms with Crippen LogP contribution in [0.4, 0.5) is 4.79 Å². The number of imidazole rings is 1. The normalized spacial score (nSPS) is 24.6. The van der Waals surface area contributed by atoms with Gasteiger partial charge in [-0.15, -0.1) is 0 Å². The molecule has 13 nitrogen and oxygen atoms in total. The van der Waals surface area contributed by atoms with Crippen LogP contribution in [-0.2, 0) is 30.3 Å². The molecule has 2 aliphatic heterocycles. The highest BCUT2D eigenvalue weighted by Gasteiger charge is 2.52. The number of fused-ring (bicyclic) bond motifs is 2. The molecule has 2 saturated carbocycles. The van der Waals surface area contributed by atoms with Crippen molar-refractivity contribution in [3.05, 3.63) is 102 Å². The minimum atomic E-state index is -0.948. The summed E-state index contributed by atoms with van der Waals surface area (Å²) >= 11 is 0. The lowest BCUT2D eigenvalue weighted by Gasteiger charge is -2.30. The topological polar surface area (TPSA) is 160 Å². The zero-order valence-corrected chi connectivity index (χ0v) is 33.4. The Morgan fingerprint density at radius 2 is 1.64 bits per heavy atom. The van der Waals surface area contributed by atoms with E-state index < -0.39 is 18.2 Å². The van der Waals surface area contributed by atoms with E-state index in [9.17, 15) is 14.4 Å². The first-order valence-electron chi connectivity index (χ1n) is 20.1. The molecule has 1 saturated heterocycles. The SMILES string of the molecule is COC(=O)N[C@H](C(=O)N1C[C@@H](OC)C[C@H]1c1ncc(-c2ccc(-c3ccc(C4=CN=C(C5C6CCC(C6)[C@@H]5C(=O)NCc5cccnc5)C4)cc3)cc2)[nH]1)[C@@H](C)OC. The number of aromatic nitrogens is 3. The van der Waals surface area contributed by atoms with E-state index in [4.69, 9.17) is 24.2 Å². The molecule has 4 heterocycles. The molecular weight excluding hydrogens is 735 g/mol. The Morgan fingerprint density at radius 3 is 2.33 bits per heavy atom. The quantitative estimate of drug-likeness (QED) is 0.141. The van der Waals surface area contributed by atoms with Crippen molar-refractivity contribution in [2.75, 3.05) is 27.9 Å². The molecular formula is C45H51N7O6. The Bertz CT molecular complexity index is 2170. The van der Waals surface area contributed by atoms with E-state index in [1.165, 1.54) is 26.2 Å². The summed E-state index contributed by atoms with van der Waals surface area (Å²) < 4.78 is 15.9. The van der Waals surface area contributed by atoms with E-state index >= 15 is 0 Å². The molecule has 0 spiro atoms. The summed E-state index contributed by atoms with van der Waals surface area (Å²) in [6.45, 7) is 2.57. The molecule has 302 valence electrons. The number of ether oxygens (including phenoxy) is 3. The number of amides is 3. The number of H-pyrrole nitrogens is 1. The van der Waals surface area contributed by atoms with Crippen LogP contribution in [0.5, 0.6) is 0 Å². The van der Waals surface area contributed by atoms with Crippen LogP contribution >= 0.6 is 0 Å². The van der Waals surface area contributed by atoms with Crippen LogP contribution in [-0.4, -0.2) is 89.6 Å². The standard InChI is InChI=1S/C45H51N7O6/c1-26(56-2)41(51-45(55)58-4)44(54)52-25-35(57-3)20-38(52)42-48-24-37(50-42)31-13-11-29(12-14-31)28-7-9-30(10-8-28)34-19-36(47-23-34)39-32-15-16-33(18-32)40(39)43(53)49-22-27-6-5-17-46-21-27/h5-14,17,21,23-24,26,32-33,35,38-41H,15-16,18-20,22,25H2,1-4H3,(H,48,50)(H,49,53)(H,51,55)/t26-,32?,33?,35+,38+,39?,40+,41+/m1/s1. The number of nitrogens with zero attached hydrogens (tertiary/aromatic N) is 4. The minimum absolute atomic E-state index is 0.0233. The molecule has 3 amide bonds. The van der Waals surface area contributed by atoms with E-state index in [1.807, 2.05) is 18.3 Å². The van der Waals surface area contributed by atoms with Crippen LogP contribution < -0.4 is 10.6 Å². The molecule has 3 fully saturated rings. The third-order valence-corrected chi connectivity index (χ3v) is 12.7. The first-order chi connectivity index (χ1) is 28.2. The van der Waals surface area contributed by atoms with Crippen molar-refractivity contribution in [2.45, 2.75) is 69.9 Å². The van der Waals surface area contributed by atoms with Crippen molar-refractivity contribution in [2.24, 2.45) is 28.7 Å². The molecule has 2 aromatic heterocycles. The number of carbonyl (C=O) groups is 3. The smallest absolute Gasteiger partial charge is 0.407 e. The number of alkyl carbamates (subject to hydrolysis) is 1. The van der Waals surface area contributed by atoms with E-state index in [1.54, 1.807) is 37.5 Å². The van der Waals surface area contributed by atoms with E-state index in [0.29, 0.717) is 37.2 Å². The summed E-state index contributed by atoms with van der Waals surface area (Å²) in [6.07, 6.45) is 10.6. The van der Waals surface area contributed by atoms with Crippen molar-refractivity contribution in [1.82, 2.24) is 30.5 Å². The van der Waals surface area contributed by atoms with Gasteiger partial charge in [0, 0.05) is 76.3 Å². The lowest BCUT2D eigenvalue weighted by Crippen LogP contribution is -2.54. The van der Waals surface area contributed by atoms with Crippen LogP contribution in [0.3, 0.4) is 0 Å². The van der Waals surface area contributed by atoms with E-state index in [0.717, 1.165) is 58.5 Å². The molecule has 3 N–H and O–H groups in total. The summed E-state index contributed by atoms with van der Waals surface area (Å²) in [7, 11) is 4.37. The van der Waals surface area contributed by atoms with Crippen LogP contribution in [0.1, 0.15) is 62.0 Å². The van der Waals surface area contributed by atoms with Gasteiger partial charge in [-0.25, -0.2) is 9.78 Å². The van der Waals surface area contributed by atoms with Gasteiger partial charge in [0.1, 0.15) is 11.9 Å². The maximum Gasteiger partial charge on any atom is 0.407 e. The molecule has 2 aliphatic carbocycles. The predicted octanol–water partition coefficient (Wildman–Crippen LogP) is 6.35. The van der Waals surface area contributed by atoms with Gasteiger partial charge in [0.2, 0.25) is 11.8 Å². The Kier molecular flexibility index (Phi) is 11.5. The van der Waals surface area contributed by atoms with Crippen LogP contribution in [0.15, 0.2) is 90.4 Å². The average molecular weight is 786 g/mol. The number of aliphatic imine (C=N–C) groups is 1. The highest BCUT2D eigenvalue weighted by Crippen LogP contribution is 2.54. The van der Waals surface area contributed by atoms with Gasteiger partial charge in [0.15, 0.2) is 0 Å². The van der Waals surface area contributed by atoms with Gasteiger partial charge in [0.05, 0.1) is 37.3 Å². The molecule has 4 aromatic rings. The van der Waals surface area contributed by atoms with Gasteiger partial charge in [-0.05, 0) is 77.5 Å². The Balaban J connectivity index is 0.903. The first-order valence-corrected chi connectivity index (χ1v) is 20.1. The lowest BCUT2D eigenvalue weighted by molar-refractivity contribution is -0.138. The highest BCUT2D eigenvalue weighted by atomic mass is 16.5. The van der Waals surface area contributed by atoms with Gasteiger partial charge >= 0.3 is 6.09 Å².